The van der Waals surface area contributed by atoms with Gasteiger partial charge in [-0.3, -0.25) is 4.79 Å². The number of rotatable bonds is 6. The zero-order valence-electron chi connectivity index (χ0n) is 16.9. The standard InChI is InChI=1S/C21H18BrI2N3O4/c1-4-18-26-17-6-5-13(22)9-14(17)20(28)27(18)25-10-12-7-15(23)19(16(24)8-12)31-11(2)21(29)30-3/h5-11H,4H2,1-3H3/t11-/m1/s1. The van der Waals surface area contributed by atoms with E-state index >= 15 is 0 Å². The second-order valence-electron chi connectivity index (χ2n) is 6.50. The summed E-state index contributed by atoms with van der Waals surface area (Å²) in [5.41, 5.74) is 1.20. The summed E-state index contributed by atoms with van der Waals surface area (Å²) >= 11 is 7.68. The van der Waals surface area contributed by atoms with E-state index in [1.54, 1.807) is 19.2 Å². The van der Waals surface area contributed by atoms with Crippen molar-refractivity contribution >= 4 is 84.2 Å². The van der Waals surface area contributed by atoms with Crippen molar-refractivity contribution in [1.82, 2.24) is 9.66 Å². The highest BCUT2D eigenvalue weighted by Crippen LogP contribution is 2.29. The van der Waals surface area contributed by atoms with Gasteiger partial charge in [0.05, 0.1) is 31.4 Å². The van der Waals surface area contributed by atoms with Gasteiger partial charge in [-0.25, -0.2) is 9.78 Å². The van der Waals surface area contributed by atoms with Crippen LogP contribution in [0.2, 0.25) is 0 Å². The summed E-state index contributed by atoms with van der Waals surface area (Å²) in [7, 11) is 1.32. The van der Waals surface area contributed by atoms with Crippen molar-refractivity contribution in [3.63, 3.8) is 0 Å². The molecular weight excluding hydrogens is 692 g/mol. The fraction of sp³-hybridized carbons (Fsp3) is 0.238. The Kier molecular flexibility index (Phi) is 8.08. The van der Waals surface area contributed by atoms with Crippen molar-refractivity contribution in [2.45, 2.75) is 26.4 Å². The molecule has 0 aliphatic rings. The Morgan fingerprint density at radius 1 is 1.29 bits per heavy atom. The summed E-state index contributed by atoms with van der Waals surface area (Å²) in [5, 5.41) is 4.91. The summed E-state index contributed by atoms with van der Waals surface area (Å²) in [6.45, 7) is 3.57. The number of halogens is 3. The molecule has 3 aromatic rings. The number of fused-ring (bicyclic) bond motifs is 1. The molecule has 0 unspecified atom stereocenters. The monoisotopic (exact) mass is 709 g/mol. The highest BCUT2D eigenvalue weighted by Gasteiger charge is 2.18. The summed E-state index contributed by atoms with van der Waals surface area (Å²) < 4.78 is 14.2. The molecule has 7 nitrogen and oxygen atoms in total. The minimum Gasteiger partial charge on any atom is -0.477 e. The van der Waals surface area contributed by atoms with Crippen molar-refractivity contribution in [2.75, 3.05) is 7.11 Å². The van der Waals surface area contributed by atoms with Crippen LogP contribution in [0.5, 0.6) is 5.75 Å². The summed E-state index contributed by atoms with van der Waals surface area (Å²) in [5.74, 6) is 0.728. The van der Waals surface area contributed by atoms with E-state index in [2.05, 4.69) is 71.2 Å². The van der Waals surface area contributed by atoms with Crippen molar-refractivity contribution in [3.05, 3.63) is 63.7 Å². The minimum absolute atomic E-state index is 0.226. The molecule has 1 aromatic heterocycles. The molecule has 1 heterocycles. The van der Waals surface area contributed by atoms with E-state index in [-0.39, 0.29) is 5.56 Å². The van der Waals surface area contributed by atoms with Gasteiger partial charge in [-0.05, 0) is 88.0 Å². The first-order valence-corrected chi connectivity index (χ1v) is 12.2. The molecular formula is C21H18BrI2N3O4. The van der Waals surface area contributed by atoms with E-state index in [9.17, 15) is 9.59 Å². The molecule has 0 saturated heterocycles. The third-order valence-corrected chi connectivity index (χ3v) is 6.46. The molecule has 162 valence electrons. The maximum atomic E-state index is 13.0. The number of esters is 1. The first-order valence-electron chi connectivity index (χ1n) is 9.24. The number of aromatic nitrogens is 2. The topological polar surface area (TPSA) is 82.8 Å². The van der Waals surface area contributed by atoms with E-state index in [0.717, 1.165) is 17.2 Å². The first kappa shape index (κ1) is 24.1. The lowest BCUT2D eigenvalue weighted by atomic mass is 10.2. The molecule has 0 N–H and O–H groups in total. The SMILES string of the molecule is CCc1nc2ccc(Br)cc2c(=O)n1N=Cc1cc(I)c(O[C@H](C)C(=O)OC)c(I)c1. The van der Waals surface area contributed by atoms with Crippen LogP contribution in [-0.4, -0.2) is 35.1 Å². The molecule has 0 radical (unpaired) electrons. The van der Waals surface area contributed by atoms with Crippen LogP contribution in [-0.2, 0) is 16.0 Å². The van der Waals surface area contributed by atoms with E-state index in [4.69, 9.17) is 9.47 Å². The van der Waals surface area contributed by atoms with Gasteiger partial charge in [0.1, 0.15) is 11.6 Å². The van der Waals surface area contributed by atoms with Crippen molar-refractivity contribution < 1.29 is 14.3 Å². The number of nitrogens with zero attached hydrogens (tertiary/aromatic N) is 3. The molecule has 0 fully saturated rings. The smallest absolute Gasteiger partial charge is 0.346 e. The Labute approximate surface area is 214 Å². The van der Waals surface area contributed by atoms with E-state index in [1.165, 1.54) is 11.8 Å². The van der Waals surface area contributed by atoms with Crippen LogP contribution in [0.15, 0.2) is 44.7 Å². The number of benzene rings is 2. The predicted octanol–water partition coefficient (Wildman–Crippen LogP) is 4.75. The van der Waals surface area contributed by atoms with Crippen LogP contribution in [0, 0.1) is 7.14 Å². The van der Waals surface area contributed by atoms with Crippen molar-refractivity contribution in [3.8, 4) is 5.75 Å². The lowest BCUT2D eigenvalue weighted by molar-refractivity contribution is -0.147. The van der Waals surface area contributed by atoms with Crippen LogP contribution < -0.4 is 10.3 Å². The summed E-state index contributed by atoms with van der Waals surface area (Å²) in [6, 6.07) is 9.15. The number of carbonyl (C=O) groups is 1. The van der Waals surface area contributed by atoms with Crippen LogP contribution in [0.25, 0.3) is 10.9 Å². The highest BCUT2D eigenvalue weighted by molar-refractivity contribution is 14.1. The number of carbonyl (C=O) groups excluding carboxylic acids is 1. The van der Waals surface area contributed by atoms with Crippen molar-refractivity contribution in [1.29, 1.82) is 0 Å². The Hall–Kier alpha value is -1.54. The average Bonchev–Trinajstić information content (AvgIpc) is 2.75. The van der Waals surface area contributed by atoms with Crippen molar-refractivity contribution in [2.24, 2.45) is 5.10 Å². The molecule has 0 amide bonds. The van der Waals surface area contributed by atoms with Crippen LogP contribution in [0.4, 0.5) is 0 Å². The Bertz CT molecular complexity index is 1220. The normalized spacial score (nSPS) is 12.3. The summed E-state index contributed by atoms with van der Waals surface area (Å²) in [4.78, 5) is 29.2. The number of hydrogen-bond acceptors (Lipinski definition) is 6. The number of aryl methyl sites for hydroxylation is 1. The molecule has 0 spiro atoms. The van der Waals surface area contributed by atoms with Gasteiger partial charge >= 0.3 is 5.97 Å². The van der Waals surface area contributed by atoms with Gasteiger partial charge in [-0.2, -0.15) is 9.78 Å². The second kappa shape index (κ2) is 10.4. The van der Waals surface area contributed by atoms with Crippen LogP contribution in [0.3, 0.4) is 0 Å². The highest BCUT2D eigenvalue weighted by atomic mass is 127. The quantitative estimate of drug-likeness (QED) is 0.210. The number of hydrogen-bond donors (Lipinski definition) is 0. The second-order valence-corrected chi connectivity index (χ2v) is 9.74. The van der Waals surface area contributed by atoms with Gasteiger partial charge < -0.3 is 9.47 Å². The van der Waals surface area contributed by atoms with E-state index in [1.807, 2.05) is 31.2 Å². The molecule has 0 aliphatic heterocycles. The zero-order chi connectivity index (χ0) is 22.7. The third kappa shape index (κ3) is 5.45. The molecule has 0 saturated carbocycles. The largest absolute Gasteiger partial charge is 0.477 e. The Morgan fingerprint density at radius 2 is 1.97 bits per heavy atom. The minimum atomic E-state index is -0.722. The van der Waals surface area contributed by atoms with Gasteiger partial charge in [0.25, 0.3) is 5.56 Å². The molecule has 1 atom stereocenters. The molecule has 3 rings (SSSR count). The fourth-order valence-electron chi connectivity index (χ4n) is 2.82. The predicted molar refractivity (Wildman–Crippen MR) is 140 cm³/mol. The van der Waals surface area contributed by atoms with Gasteiger partial charge in [-0.1, -0.05) is 22.9 Å². The molecule has 0 bridgehead atoms. The lowest BCUT2D eigenvalue weighted by Gasteiger charge is -2.15. The fourth-order valence-corrected chi connectivity index (χ4v) is 5.26. The molecule has 10 heteroatoms. The lowest BCUT2D eigenvalue weighted by Crippen LogP contribution is -2.25. The Morgan fingerprint density at radius 3 is 2.58 bits per heavy atom. The molecule has 0 aliphatic carbocycles. The molecule has 31 heavy (non-hydrogen) atoms. The number of ether oxygens (including phenoxy) is 2. The van der Waals surface area contributed by atoms with Gasteiger partial charge in [0.2, 0.25) is 0 Å². The van der Waals surface area contributed by atoms with Gasteiger partial charge in [-0.15, -0.1) is 0 Å². The summed E-state index contributed by atoms with van der Waals surface area (Å²) in [6.07, 6.45) is 1.45. The van der Waals surface area contributed by atoms with Crippen LogP contribution >= 0.6 is 61.1 Å². The van der Waals surface area contributed by atoms with E-state index in [0.29, 0.717) is 28.9 Å². The van der Waals surface area contributed by atoms with Gasteiger partial charge in [0.15, 0.2) is 6.10 Å². The van der Waals surface area contributed by atoms with Gasteiger partial charge in [0, 0.05) is 10.9 Å². The maximum Gasteiger partial charge on any atom is 0.346 e. The Balaban J connectivity index is 1.98. The number of methoxy groups -OCH3 is 1. The molecule has 2 aromatic carbocycles. The third-order valence-electron chi connectivity index (χ3n) is 4.36. The first-order chi connectivity index (χ1) is 14.7. The zero-order valence-corrected chi connectivity index (χ0v) is 22.8. The average molecular weight is 710 g/mol. The van der Waals surface area contributed by atoms with Crippen LogP contribution in [0.1, 0.15) is 25.2 Å². The maximum absolute atomic E-state index is 13.0. The van der Waals surface area contributed by atoms with E-state index < -0.39 is 12.1 Å².